The lowest BCUT2D eigenvalue weighted by molar-refractivity contribution is -0.150. The number of ether oxygens (including phenoxy) is 2. The van der Waals surface area contributed by atoms with E-state index >= 15 is 0 Å². The standard InChI is InChI=1S/C7H9IO3/c1-10-7-3-2-5(9)6(4-8)11-7/h2-3,6-7H,4H2,1H3/t6-,7+/m1/s1. The van der Waals surface area contributed by atoms with Gasteiger partial charge in [0.1, 0.15) is 6.10 Å². The molecule has 4 heteroatoms. The quantitative estimate of drug-likeness (QED) is 0.552. The highest BCUT2D eigenvalue weighted by atomic mass is 127. The summed E-state index contributed by atoms with van der Waals surface area (Å²) in [6.45, 7) is 0. The third-order valence-corrected chi connectivity index (χ3v) is 2.21. The first-order valence-electron chi connectivity index (χ1n) is 3.24. The molecule has 0 bridgehead atoms. The third-order valence-electron chi connectivity index (χ3n) is 1.41. The Balaban J connectivity index is 2.59. The highest BCUT2D eigenvalue weighted by Gasteiger charge is 2.23. The number of halogens is 1. The summed E-state index contributed by atoms with van der Waals surface area (Å²) < 4.78 is 10.8. The fourth-order valence-corrected chi connectivity index (χ4v) is 1.44. The third kappa shape index (κ3) is 2.25. The number of hydrogen-bond acceptors (Lipinski definition) is 3. The highest BCUT2D eigenvalue weighted by molar-refractivity contribution is 14.1. The van der Waals surface area contributed by atoms with Crippen LogP contribution < -0.4 is 0 Å². The van der Waals surface area contributed by atoms with E-state index in [9.17, 15) is 4.79 Å². The molecular weight excluding hydrogens is 259 g/mol. The van der Waals surface area contributed by atoms with Crippen LogP contribution in [0.3, 0.4) is 0 Å². The summed E-state index contributed by atoms with van der Waals surface area (Å²) in [4.78, 5) is 11.0. The molecule has 1 aliphatic rings. The first-order valence-corrected chi connectivity index (χ1v) is 4.76. The minimum atomic E-state index is -0.354. The van der Waals surface area contributed by atoms with Crippen molar-refractivity contribution in [2.45, 2.75) is 12.4 Å². The van der Waals surface area contributed by atoms with Crippen LogP contribution in [0.1, 0.15) is 0 Å². The van der Waals surface area contributed by atoms with Crippen molar-refractivity contribution in [2.24, 2.45) is 0 Å². The van der Waals surface area contributed by atoms with Crippen LogP contribution in [0, 0.1) is 0 Å². The van der Waals surface area contributed by atoms with Crippen LogP contribution in [0.4, 0.5) is 0 Å². The van der Waals surface area contributed by atoms with Gasteiger partial charge in [-0.05, 0) is 12.2 Å². The summed E-state index contributed by atoms with van der Waals surface area (Å²) in [6.07, 6.45) is 2.45. The maximum atomic E-state index is 11.0. The molecule has 0 spiro atoms. The molecule has 1 rings (SSSR count). The van der Waals surface area contributed by atoms with E-state index in [0.717, 1.165) is 0 Å². The Morgan fingerprint density at radius 3 is 3.09 bits per heavy atom. The van der Waals surface area contributed by atoms with E-state index in [1.54, 1.807) is 13.2 Å². The van der Waals surface area contributed by atoms with E-state index in [1.165, 1.54) is 6.08 Å². The molecule has 3 nitrogen and oxygen atoms in total. The average Bonchev–Trinajstić information content (AvgIpc) is 2.05. The molecule has 1 heterocycles. The molecule has 0 saturated carbocycles. The summed E-state index contributed by atoms with van der Waals surface area (Å²) >= 11 is 2.11. The Hall–Kier alpha value is 0.0600. The van der Waals surface area contributed by atoms with E-state index in [1.807, 2.05) is 0 Å². The molecule has 0 radical (unpaired) electrons. The Morgan fingerprint density at radius 2 is 2.55 bits per heavy atom. The van der Waals surface area contributed by atoms with Gasteiger partial charge in [-0.2, -0.15) is 0 Å². The molecule has 0 amide bonds. The number of methoxy groups -OCH3 is 1. The molecule has 11 heavy (non-hydrogen) atoms. The van der Waals surface area contributed by atoms with Gasteiger partial charge in [0.15, 0.2) is 12.1 Å². The molecule has 0 N–H and O–H groups in total. The van der Waals surface area contributed by atoms with E-state index in [0.29, 0.717) is 4.43 Å². The number of ketones is 1. The van der Waals surface area contributed by atoms with Crippen LogP contribution in [-0.2, 0) is 14.3 Å². The second-order valence-corrected chi connectivity index (χ2v) is 3.03. The molecule has 0 saturated heterocycles. The van der Waals surface area contributed by atoms with Gasteiger partial charge in [-0.1, -0.05) is 22.6 Å². The highest BCUT2D eigenvalue weighted by Crippen LogP contribution is 2.11. The lowest BCUT2D eigenvalue weighted by atomic mass is 10.2. The van der Waals surface area contributed by atoms with Crippen molar-refractivity contribution in [3.05, 3.63) is 12.2 Å². The molecule has 62 valence electrons. The topological polar surface area (TPSA) is 35.5 Å². The first-order chi connectivity index (χ1) is 5.27. The van der Waals surface area contributed by atoms with Crippen LogP contribution in [0.5, 0.6) is 0 Å². The van der Waals surface area contributed by atoms with E-state index in [-0.39, 0.29) is 18.2 Å². The van der Waals surface area contributed by atoms with Crippen molar-refractivity contribution in [1.82, 2.24) is 0 Å². The molecule has 1 aliphatic heterocycles. The minimum absolute atomic E-state index is 0.0210. The maximum absolute atomic E-state index is 11.0. The van der Waals surface area contributed by atoms with Crippen LogP contribution in [0.25, 0.3) is 0 Å². The zero-order valence-corrected chi connectivity index (χ0v) is 8.28. The number of rotatable bonds is 2. The lowest BCUT2D eigenvalue weighted by Gasteiger charge is -2.21. The Labute approximate surface area is 78.9 Å². The van der Waals surface area contributed by atoms with Gasteiger partial charge in [-0.25, -0.2) is 0 Å². The van der Waals surface area contributed by atoms with Crippen molar-refractivity contribution in [3.63, 3.8) is 0 Å². The SMILES string of the molecule is CO[C@@H]1C=CC(=O)[C@@H](CI)O1. The second kappa shape index (κ2) is 4.18. The first kappa shape index (κ1) is 9.15. The van der Waals surface area contributed by atoms with Crippen molar-refractivity contribution in [1.29, 1.82) is 0 Å². The lowest BCUT2D eigenvalue weighted by Crippen LogP contribution is -2.33. The minimum Gasteiger partial charge on any atom is -0.352 e. The predicted molar refractivity (Wildman–Crippen MR) is 48.7 cm³/mol. The van der Waals surface area contributed by atoms with Gasteiger partial charge < -0.3 is 9.47 Å². The van der Waals surface area contributed by atoms with Crippen LogP contribution in [-0.4, -0.2) is 29.7 Å². The van der Waals surface area contributed by atoms with Crippen LogP contribution in [0.2, 0.25) is 0 Å². The maximum Gasteiger partial charge on any atom is 0.185 e. The van der Waals surface area contributed by atoms with Gasteiger partial charge in [-0.3, -0.25) is 4.79 Å². The molecule has 0 fully saturated rings. The van der Waals surface area contributed by atoms with Gasteiger partial charge in [-0.15, -0.1) is 0 Å². The van der Waals surface area contributed by atoms with Gasteiger partial charge in [0.2, 0.25) is 0 Å². The molecule has 0 aliphatic carbocycles. The Kier molecular flexibility index (Phi) is 3.47. The van der Waals surface area contributed by atoms with Crippen LogP contribution >= 0.6 is 22.6 Å². The van der Waals surface area contributed by atoms with Crippen molar-refractivity contribution < 1.29 is 14.3 Å². The summed E-state index contributed by atoms with van der Waals surface area (Å²) in [6, 6.07) is 0. The van der Waals surface area contributed by atoms with Crippen molar-refractivity contribution >= 4 is 28.4 Å². The Bertz CT molecular complexity index is 179. The molecule has 0 aromatic rings. The smallest absolute Gasteiger partial charge is 0.185 e. The zero-order chi connectivity index (χ0) is 8.27. The summed E-state index contributed by atoms with van der Waals surface area (Å²) in [7, 11) is 1.55. The largest absolute Gasteiger partial charge is 0.352 e. The second-order valence-electron chi connectivity index (χ2n) is 2.14. The van der Waals surface area contributed by atoms with Gasteiger partial charge in [0.25, 0.3) is 0 Å². The number of hydrogen-bond donors (Lipinski definition) is 0. The number of carbonyl (C=O) groups excluding carboxylic acids is 1. The average molecular weight is 268 g/mol. The number of alkyl halides is 1. The summed E-state index contributed by atoms with van der Waals surface area (Å²) in [5.41, 5.74) is 0. The predicted octanol–water partition coefficient (Wildman–Crippen LogP) is 0.918. The van der Waals surface area contributed by atoms with Crippen LogP contribution in [0.15, 0.2) is 12.2 Å². The van der Waals surface area contributed by atoms with E-state index in [2.05, 4.69) is 22.6 Å². The van der Waals surface area contributed by atoms with Gasteiger partial charge >= 0.3 is 0 Å². The molecule has 0 aromatic carbocycles. The summed E-state index contributed by atoms with van der Waals surface area (Å²) in [5, 5.41) is 0. The van der Waals surface area contributed by atoms with Gasteiger partial charge in [0, 0.05) is 11.5 Å². The zero-order valence-electron chi connectivity index (χ0n) is 6.12. The van der Waals surface area contributed by atoms with Crippen molar-refractivity contribution in [3.8, 4) is 0 Å². The fourth-order valence-electron chi connectivity index (χ4n) is 0.802. The molecule has 0 aromatic heterocycles. The fraction of sp³-hybridized carbons (Fsp3) is 0.571. The molecule has 0 unspecified atom stereocenters. The number of carbonyl (C=O) groups is 1. The van der Waals surface area contributed by atoms with E-state index < -0.39 is 0 Å². The van der Waals surface area contributed by atoms with E-state index in [4.69, 9.17) is 9.47 Å². The summed E-state index contributed by atoms with van der Waals surface area (Å²) in [5.74, 6) is 0.0210. The molecular formula is C7H9IO3. The van der Waals surface area contributed by atoms with Gasteiger partial charge in [0.05, 0.1) is 0 Å². The monoisotopic (exact) mass is 268 g/mol. The normalized spacial score (nSPS) is 30.9. The Morgan fingerprint density at radius 1 is 1.82 bits per heavy atom. The van der Waals surface area contributed by atoms with Crippen molar-refractivity contribution in [2.75, 3.05) is 11.5 Å². The molecule has 2 atom stereocenters.